The van der Waals surface area contributed by atoms with Crippen molar-refractivity contribution in [3.63, 3.8) is 0 Å². The minimum Gasteiger partial charge on any atom is -0.360 e. The fourth-order valence-corrected chi connectivity index (χ4v) is 3.47. The number of amides is 2. The second-order valence-electron chi connectivity index (χ2n) is 7.16. The first-order valence-electron chi connectivity index (χ1n) is 9.37. The van der Waals surface area contributed by atoms with Crippen LogP contribution in [0.15, 0.2) is 10.6 Å². The van der Waals surface area contributed by atoms with Crippen molar-refractivity contribution in [2.45, 2.75) is 57.4 Å². The van der Waals surface area contributed by atoms with Gasteiger partial charge in [0.2, 0.25) is 5.91 Å². The zero-order valence-corrected chi connectivity index (χ0v) is 14.9. The van der Waals surface area contributed by atoms with Crippen LogP contribution in [-0.2, 0) is 4.79 Å². The molecule has 1 aliphatic heterocycles. The minimum atomic E-state index is -0.179. The molecule has 3 N–H and O–H groups in total. The van der Waals surface area contributed by atoms with E-state index in [0.29, 0.717) is 37.7 Å². The monoisotopic (exact) mass is 348 g/mol. The SMILES string of the molecule is CC[C@@H]1CN(C(=O)CCCN)CC[C@@H]1NC(=O)c1cc(C2CC2)on1. The number of hydrogen-bond acceptors (Lipinski definition) is 5. The third kappa shape index (κ3) is 4.39. The van der Waals surface area contributed by atoms with Gasteiger partial charge in [0.25, 0.3) is 5.91 Å². The number of carbonyl (C=O) groups is 2. The third-order valence-corrected chi connectivity index (χ3v) is 5.26. The highest BCUT2D eigenvalue weighted by Crippen LogP contribution is 2.40. The molecule has 7 nitrogen and oxygen atoms in total. The third-order valence-electron chi connectivity index (χ3n) is 5.26. The predicted octanol–water partition coefficient (Wildman–Crippen LogP) is 1.65. The van der Waals surface area contributed by atoms with E-state index in [1.807, 2.05) is 4.90 Å². The molecule has 2 amide bonds. The van der Waals surface area contributed by atoms with Crippen LogP contribution in [0.25, 0.3) is 0 Å². The van der Waals surface area contributed by atoms with Gasteiger partial charge in [-0.1, -0.05) is 12.1 Å². The van der Waals surface area contributed by atoms with Crippen LogP contribution in [0.4, 0.5) is 0 Å². The van der Waals surface area contributed by atoms with Crippen LogP contribution in [0.1, 0.15) is 67.6 Å². The summed E-state index contributed by atoms with van der Waals surface area (Å²) in [6, 6.07) is 1.83. The molecule has 7 heteroatoms. The summed E-state index contributed by atoms with van der Waals surface area (Å²) >= 11 is 0. The number of likely N-dealkylation sites (tertiary alicyclic amines) is 1. The van der Waals surface area contributed by atoms with Crippen molar-refractivity contribution >= 4 is 11.8 Å². The molecule has 0 spiro atoms. The normalized spacial score (nSPS) is 23.5. The van der Waals surface area contributed by atoms with Crippen LogP contribution < -0.4 is 11.1 Å². The molecule has 0 aromatic carbocycles. The average Bonchev–Trinajstić information content (AvgIpc) is 3.36. The predicted molar refractivity (Wildman–Crippen MR) is 93.0 cm³/mol. The zero-order chi connectivity index (χ0) is 17.8. The quantitative estimate of drug-likeness (QED) is 0.780. The Hall–Kier alpha value is -1.89. The molecule has 1 aromatic heterocycles. The van der Waals surface area contributed by atoms with Crippen LogP contribution in [-0.4, -0.2) is 47.5 Å². The Bertz CT molecular complexity index is 611. The van der Waals surface area contributed by atoms with Gasteiger partial charge in [-0.05, 0) is 44.6 Å². The van der Waals surface area contributed by atoms with E-state index in [2.05, 4.69) is 17.4 Å². The number of nitrogens with two attached hydrogens (primary N) is 1. The lowest BCUT2D eigenvalue weighted by Gasteiger charge is -2.38. The lowest BCUT2D eigenvalue weighted by atomic mass is 9.89. The largest absolute Gasteiger partial charge is 0.360 e. The van der Waals surface area contributed by atoms with Crippen molar-refractivity contribution in [3.05, 3.63) is 17.5 Å². The topological polar surface area (TPSA) is 101 Å². The first-order chi connectivity index (χ1) is 12.1. The van der Waals surface area contributed by atoms with Crippen LogP contribution in [0, 0.1) is 5.92 Å². The van der Waals surface area contributed by atoms with Gasteiger partial charge in [-0.3, -0.25) is 9.59 Å². The van der Waals surface area contributed by atoms with Gasteiger partial charge in [-0.25, -0.2) is 0 Å². The molecule has 2 atom stereocenters. The van der Waals surface area contributed by atoms with Gasteiger partial charge < -0.3 is 20.5 Å². The Balaban J connectivity index is 1.54. The molecule has 2 aliphatic rings. The summed E-state index contributed by atoms with van der Waals surface area (Å²) in [4.78, 5) is 26.6. The lowest BCUT2D eigenvalue weighted by Crippen LogP contribution is -2.52. The van der Waals surface area contributed by atoms with Gasteiger partial charge in [0.15, 0.2) is 5.69 Å². The molecule has 2 fully saturated rings. The van der Waals surface area contributed by atoms with E-state index in [9.17, 15) is 9.59 Å². The molecule has 1 aromatic rings. The number of rotatable bonds is 7. The Kier molecular flexibility index (Phi) is 5.73. The van der Waals surface area contributed by atoms with Crippen LogP contribution in [0.3, 0.4) is 0 Å². The lowest BCUT2D eigenvalue weighted by molar-refractivity contribution is -0.133. The fourth-order valence-electron chi connectivity index (χ4n) is 3.47. The second-order valence-corrected chi connectivity index (χ2v) is 7.16. The van der Waals surface area contributed by atoms with Gasteiger partial charge >= 0.3 is 0 Å². The van der Waals surface area contributed by atoms with Gasteiger partial charge in [0.1, 0.15) is 5.76 Å². The highest BCUT2D eigenvalue weighted by atomic mass is 16.5. The summed E-state index contributed by atoms with van der Waals surface area (Å²) < 4.78 is 5.26. The highest BCUT2D eigenvalue weighted by molar-refractivity contribution is 5.92. The molecule has 138 valence electrons. The average molecular weight is 348 g/mol. The summed E-state index contributed by atoms with van der Waals surface area (Å²) in [5.41, 5.74) is 5.84. The summed E-state index contributed by atoms with van der Waals surface area (Å²) in [5.74, 6) is 1.51. The molecule has 25 heavy (non-hydrogen) atoms. The Morgan fingerprint density at radius 2 is 2.20 bits per heavy atom. The maximum Gasteiger partial charge on any atom is 0.273 e. The van der Waals surface area contributed by atoms with E-state index in [4.69, 9.17) is 10.3 Å². The minimum absolute atomic E-state index is 0.0668. The number of carbonyl (C=O) groups excluding carboxylic acids is 2. The van der Waals surface area contributed by atoms with Crippen LogP contribution in [0.5, 0.6) is 0 Å². The van der Waals surface area contributed by atoms with E-state index < -0.39 is 0 Å². The Labute approximate surface area is 148 Å². The maximum atomic E-state index is 12.5. The van der Waals surface area contributed by atoms with Crippen molar-refractivity contribution < 1.29 is 14.1 Å². The fraction of sp³-hybridized carbons (Fsp3) is 0.722. The van der Waals surface area contributed by atoms with Gasteiger partial charge in [0, 0.05) is 37.5 Å². The number of hydrogen-bond donors (Lipinski definition) is 2. The standard InChI is InChI=1S/C18H28N4O3/c1-2-12-11-22(17(23)4-3-8-19)9-7-14(12)20-18(24)15-10-16(25-21-15)13-5-6-13/h10,12-14H,2-9,11,19H2,1H3,(H,20,24)/t12-,14+/m1/s1. The smallest absolute Gasteiger partial charge is 0.273 e. The molecule has 2 heterocycles. The Morgan fingerprint density at radius 3 is 2.88 bits per heavy atom. The van der Waals surface area contributed by atoms with E-state index >= 15 is 0 Å². The number of aromatic nitrogens is 1. The van der Waals surface area contributed by atoms with Crippen molar-refractivity contribution in [3.8, 4) is 0 Å². The second kappa shape index (κ2) is 7.99. The van der Waals surface area contributed by atoms with Crippen molar-refractivity contribution in [2.24, 2.45) is 11.7 Å². The molecular formula is C18H28N4O3. The van der Waals surface area contributed by atoms with Crippen LogP contribution >= 0.6 is 0 Å². The van der Waals surface area contributed by atoms with Crippen molar-refractivity contribution in [1.82, 2.24) is 15.4 Å². The van der Waals surface area contributed by atoms with E-state index in [1.165, 1.54) is 0 Å². The van der Waals surface area contributed by atoms with Crippen molar-refractivity contribution in [2.75, 3.05) is 19.6 Å². The highest BCUT2D eigenvalue weighted by Gasteiger charge is 2.33. The van der Waals surface area contributed by atoms with Gasteiger partial charge in [0.05, 0.1) is 0 Å². The van der Waals surface area contributed by atoms with Gasteiger partial charge in [-0.2, -0.15) is 0 Å². The summed E-state index contributed by atoms with van der Waals surface area (Å²) in [6.45, 7) is 4.00. The summed E-state index contributed by atoms with van der Waals surface area (Å²) in [5, 5.41) is 7.00. The van der Waals surface area contributed by atoms with Gasteiger partial charge in [-0.15, -0.1) is 0 Å². The number of nitrogens with zero attached hydrogens (tertiary/aromatic N) is 2. The van der Waals surface area contributed by atoms with E-state index in [-0.39, 0.29) is 23.8 Å². The Morgan fingerprint density at radius 1 is 1.40 bits per heavy atom. The molecule has 0 bridgehead atoms. The molecule has 1 aliphatic carbocycles. The first-order valence-corrected chi connectivity index (χ1v) is 9.37. The summed E-state index contributed by atoms with van der Waals surface area (Å²) in [7, 11) is 0. The number of nitrogens with one attached hydrogen (secondary N) is 1. The zero-order valence-electron chi connectivity index (χ0n) is 14.9. The van der Waals surface area contributed by atoms with Crippen molar-refractivity contribution in [1.29, 1.82) is 0 Å². The van der Waals surface area contributed by atoms with Crippen LogP contribution in [0.2, 0.25) is 0 Å². The molecule has 1 saturated heterocycles. The van der Waals surface area contributed by atoms with E-state index in [1.54, 1.807) is 6.07 Å². The molecule has 1 saturated carbocycles. The molecule has 0 unspecified atom stereocenters. The summed E-state index contributed by atoms with van der Waals surface area (Å²) in [6.07, 6.45) is 5.15. The number of piperidine rings is 1. The first kappa shape index (κ1) is 17.9. The molecule has 3 rings (SSSR count). The molecule has 0 radical (unpaired) electrons. The maximum absolute atomic E-state index is 12.5. The van der Waals surface area contributed by atoms with E-state index in [0.717, 1.165) is 37.9 Å². The molecular weight excluding hydrogens is 320 g/mol.